The Morgan fingerprint density at radius 2 is 1.86 bits per heavy atom. The summed E-state index contributed by atoms with van der Waals surface area (Å²) in [7, 11) is 0. The number of imidazole rings is 1. The third-order valence-electron chi connectivity index (χ3n) is 5.95. The van der Waals surface area contributed by atoms with Crippen molar-refractivity contribution < 1.29 is 9.90 Å². The summed E-state index contributed by atoms with van der Waals surface area (Å²) in [5, 5.41) is 19.1. The maximum absolute atomic E-state index is 11.4. The van der Waals surface area contributed by atoms with Crippen LogP contribution >= 0.6 is 0 Å². The second-order valence-corrected chi connectivity index (χ2v) is 9.06. The van der Waals surface area contributed by atoms with E-state index in [1.807, 2.05) is 35.8 Å². The molecule has 1 atom stereocenters. The van der Waals surface area contributed by atoms with Crippen molar-refractivity contribution in [3.8, 4) is 11.1 Å². The average molecular weight is 488 g/mol. The number of carbonyl (C=O) groups excluding carboxylic acids is 1. The first-order valence-corrected chi connectivity index (χ1v) is 12.2. The molecule has 2 aromatic heterocycles. The Kier molecular flexibility index (Phi) is 7.80. The molecule has 1 unspecified atom stereocenters. The fourth-order valence-electron chi connectivity index (χ4n) is 3.92. The number of hydrogen-bond acceptors (Lipinski definition) is 7. The van der Waals surface area contributed by atoms with Crippen LogP contribution in [-0.2, 0) is 11.3 Å². The molecule has 0 spiro atoms. The minimum atomic E-state index is -0.123. The summed E-state index contributed by atoms with van der Waals surface area (Å²) in [6.45, 7) is 8.23. The molecule has 0 saturated carbocycles. The van der Waals surface area contributed by atoms with Gasteiger partial charge in [0, 0.05) is 25.2 Å². The summed E-state index contributed by atoms with van der Waals surface area (Å²) in [5.41, 5.74) is 5.40. The van der Waals surface area contributed by atoms with Crippen LogP contribution < -0.4 is 16.0 Å². The molecule has 4 N–H and O–H groups in total. The molecule has 0 radical (unpaired) electrons. The van der Waals surface area contributed by atoms with Crippen molar-refractivity contribution in [1.29, 1.82) is 0 Å². The van der Waals surface area contributed by atoms with Crippen molar-refractivity contribution in [2.24, 2.45) is 0 Å². The maximum Gasteiger partial charge on any atom is 0.227 e. The van der Waals surface area contributed by atoms with Gasteiger partial charge in [-0.05, 0) is 49.1 Å². The summed E-state index contributed by atoms with van der Waals surface area (Å²) in [6.07, 6.45) is 2.54. The average Bonchev–Trinajstić information content (AvgIpc) is 3.30. The van der Waals surface area contributed by atoms with E-state index >= 15 is 0 Å². The number of fused-ring (bicyclic) bond motifs is 1. The number of rotatable bonds is 10. The van der Waals surface area contributed by atoms with Gasteiger partial charge in [-0.1, -0.05) is 43.3 Å². The Hall–Kier alpha value is -3.98. The lowest BCUT2D eigenvalue weighted by molar-refractivity contribution is -0.114. The Labute approximate surface area is 211 Å². The van der Waals surface area contributed by atoms with Gasteiger partial charge in [-0.25, -0.2) is 4.98 Å². The molecule has 0 bridgehead atoms. The topological polar surface area (TPSA) is 117 Å². The smallest absolute Gasteiger partial charge is 0.227 e. The number of aliphatic hydroxyl groups is 1. The van der Waals surface area contributed by atoms with E-state index in [1.165, 1.54) is 6.92 Å². The van der Waals surface area contributed by atoms with Crippen molar-refractivity contribution in [1.82, 2.24) is 19.5 Å². The Morgan fingerprint density at radius 1 is 1.08 bits per heavy atom. The van der Waals surface area contributed by atoms with E-state index in [1.54, 1.807) is 6.33 Å². The standard InChI is InChI=1S/C27H33N7O2/c1-5-22(15-35)31-27-32-25(24-26(33-27)34(16-29-24)17(2)3)28-14-19-9-11-20(12-10-19)21-7-6-8-23(13-21)30-18(4)36/h6-13,16-17,22,35H,5,14-15H2,1-4H3,(H,30,36)(H2,28,31,32,33). The molecule has 0 aliphatic carbocycles. The normalized spacial score (nSPS) is 12.1. The monoisotopic (exact) mass is 487 g/mol. The van der Waals surface area contributed by atoms with Gasteiger partial charge >= 0.3 is 0 Å². The second-order valence-electron chi connectivity index (χ2n) is 9.06. The van der Waals surface area contributed by atoms with E-state index < -0.39 is 0 Å². The quantitative estimate of drug-likeness (QED) is 0.253. The molecule has 2 heterocycles. The first-order chi connectivity index (χ1) is 17.4. The van der Waals surface area contributed by atoms with Crippen LogP contribution in [0.3, 0.4) is 0 Å². The molecular formula is C27H33N7O2. The van der Waals surface area contributed by atoms with E-state index in [2.05, 4.69) is 69.0 Å². The number of nitrogens with one attached hydrogen (secondary N) is 3. The first-order valence-electron chi connectivity index (χ1n) is 12.2. The molecule has 2 aromatic carbocycles. The van der Waals surface area contributed by atoms with Crippen LogP contribution in [0.4, 0.5) is 17.5 Å². The van der Waals surface area contributed by atoms with Crippen LogP contribution in [0.5, 0.6) is 0 Å². The van der Waals surface area contributed by atoms with Crippen LogP contribution in [-0.4, -0.2) is 43.2 Å². The van der Waals surface area contributed by atoms with Gasteiger partial charge in [0.15, 0.2) is 17.0 Å². The molecule has 1 amide bonds. The van der Waals surface area contributed by atoms with E-state index in [0.29, 0.717) is 23.8 Å². The molecule has 9 heteroatoms. The van der Waals surface area contributed by atoms with Crippen molar-refractivity contribution >= 4 is 34.5 Å². The zero-order valence-corrected chi connectivity index (χ0v) is 21.1. The van der Waals surface area contributed by atoms with Gasteiger partial charge in [0.2, 0.25) is 11.9 Å². The number of hydrogen-bond donors (Lipinski definition) is 4. The Morgan fingerprint density at radius 3 is 2.53 bits per heavy atom. The second kappa shape index (κ2) is 11.2. The zero-order valence-electron chi connectivity index (χ0n) is 21.1. The fourth-order valence-corrected chi connectivity index (χ4v) is 3.92. The van der Waals surface area contributed by atoms with Gasteiger partial charge in [0.05, 0.1) is 19.0 Å². The van der Waals surface area contributed by atoms with Gasteiger partial charge in [0.25, 0.3) is 0 Å². The van der Waals surface area contributed by atoms with Crippen LogP contribution in [0.2, 0.25) is 0 Å². The molecule has 4 rings (SSSR count). The molecule has 0 aliphatic heterocycles. The molecule has 9 nitrogen and oxygen atoms in total. The maximum atomic E-state index is 11.4. The number of benzene rings is 2. The third-order valence-corrected chi connectivity index (χ3v) is 5.95. The number of anilines is 3. The number of amides is 1. The fraction of sp³-hybridized carbons (Fsp3) is 0.333. The van der Waals surface area contributed by atoms with Gasteiger partial charge in [-0.2, -0.15) is 9.97 Å². The Bertz CT molecular complexity index is 1330. The first kappa shape index (κ1) is 25.1. The lowest BCUT2D eigenvalue weighted by Crippen LogP contribution is -2.24. The predicted octanol–water partition coefficient (Wildman–Crippen LogP) is 4.83. The summed E-state index contributed by atoms with van der Waals surface area (Å²) in [6, 6.07) is 16.1. The van der Waals surface area contributed by atoms with Crippen molar-refractivity contribution in [2.75, 3.05) is 22.6 Å². The molecule has 36 heavy (non-hydrogen) atoms. The highest BCUT2D eigenvalue weighted by atomic mass is 16.3. The summed E-state index contributed by atoms with van der Waals surface area (Å²) < 4.78 is 2.01. The van der Waals surface area contributed by atoms with Gasteiger partial charge in [0.1, 0.15) is 0 Å². The summed E-state index contributed by atoms with van der Waals surface area (Å²) >= 11 is 0. The van der Waals surface area contributed by atoms with Crippen molar-refractivity contribution in [3.63, 3.8) is 0 Å². The zero-order chi connectivity index (χ0) is 25.7. The summed E-state index contributed by atoms with van der Waals surface area (Å²) in [4.78, 5) is 25.3. The number of aliphatic hydroxyl groups excluding tert-OH is 1. The molecular weight excluding hydrogens is 454 g/mol. The van der Waals surface area contributed by atoms with Gasteiger partial charge < -0.3 is 25.6 Å². The molecule has 0 fully saturated rings. The lowest BCUT2D eigenvalue weighted by Gasteiger charge is -2.16. The largest absolute Gasteiger partial charge is 0.394 e. The molecule has 4 aromatic rings. The SMILES string of the molecule is CCC(CO)Nc1nc(NCc2ccc(-c3cccc(NC(C)=O)c3)cc2)c2ncn(C(C)C)c2n1. The van der Waals surface area contributed by atoms with E-state index in [4.69, 9.17) is 0 Å². The highest BCUT2D eigenvalue weighted by Crippen LogP contribution is 2.26. The molecule has 0 aliphatic rings. The van der Waals surface area contributed by atoms with Gasteiger partial charge in [-0.15, -0.1) is 0 Å². The minimum absolute atomic E-state index is 0.00414. The van der Waals surface area contributed by atoms with E-state index in [-0.39, 0.29) is 24.6 Å². The van der Waals surface area contributed by atoms with Crippen molar-refractivity contribution in [2.45, 2.75) is 52.7 Å². The van der Waals surface area contributed by atoms with Crippen LogP contribution in [0.1, 0.15) is 45.7 Å². The summed E-state index contributed by atoms with van der Waals surface area (Å²) in [5.74, 6) is 1.01. The van der Waals surface area contributed by atoms with E-state index in [9.17, 15) is 9.90 Å². The van der Waals surface area contributed by atoms with Gasteiger partial charge in [-0.3, -0.25) is 4.79 Å². The van der Waals surface area contributed by atoms with Crippen LogP contribution in [0.25, 0.3) is 22.3 Å². The number of aromatic nitrogens is 4. The highest BCUT2D eigenvalue weighted by Gasteiger charge is 2.16. The van der Waals surface area contributed by atoms with E-state index in [0.717, 1.165) is 34.4 Å². The lowest BCUT2D eigenvalue weighted by atomic mass is 10.0. The Balaban J connectivity index is 1.55. The molecule has 0 saturated heterocycles. The van der Waals surface area contributed by atoms with Crippen LogP contribution in [0, 0.1) is 0 Å². The predicted molar refractivity (Wildman–Crippen MR) is 144 cm³/mol. The molecule has 188 valence electrons. The number of carbonyl (C=O) groups is 1. The van der Waals surface area contributed by atoms with Crippen LogP contribution in [0.15, 0.2) is 54.9 Å². The minimum Gasteiger partial charge on any atom is -0.394 e. The third kappa shape index (κ3) is 5.80. The van der Waals surface area contributed by atoms with Crippen molar-refractivity contribution in [3.05, 3.63) is 60.4 Å². The number of nitrogens with zero attached hydrogens (tertiary/aromatic N) is 4. The highest BCUT2D eigenvalue weighted by molar-refractivity contribution is 5.89.